The number of carboxylic acids is 1. The average molecular weight is 254 g/mol. The Labute approximate surface area is 106 Å². The van der Waals surface area contributed by atoms with Gasteiger partial charge in [-0.1, -0.05) is 29.8 Å². The first-order chi connectivity index (χ1) is 8.11. The van der Waals surface area contributed by atoms with Gasteiger partial charge in [0.25, 0.3) is 0 Å². The highest BCUT2D eigenvalue weighted by molar-refractivity contribution is 6.30. The first-order valence-corrected chi connectivity index (χ1v) is 5.79. The van der Waals surface area contributed by atoms with Gasteiger partial charge in [-0.05, 0) is 17.7 Å². The van der Waals surface area contributed by atoms with Crippen LogP contribution in [0.25, 0.3) is 0 Å². The summed E-state index contributed by atoms with van der Waals surface area (Å²) in [6.45, 7) is 5.57. The van der Waals surface area contributed by atoms with Crippen molar-refractivity contribution >= 4 is 17.6 Å². The monoisotopic (exact) mass is 253 g/mol. The molecule has 0 spiro atoms. The molecule has 0 unspecified atom stereocenters. The SMILES string of the molecule is C=CCN(CCC(=O)O)Cc1ccc(Cl)cc1. The van der Waals surface area contributed by atoms with Gasteiger partial charge < -0.3 is 5.11 Å². The van der Waals surface area contributed by atoms with Crippen molar-refractivity contribution in [2.75, 3.05) is 13.1 Å². The van der Waals surface area contributed by atoms with Gasteiger partial charge in [-0.25, -0.2) is 0 Å². The van der Waals surface area contributed by atoms with E-state index in [0.717, 1.165) is 5.56 Å². The lowest BCUT2D eigenvalue weighted by Crippen LogP contribution is -2.26. The summed E-state index contributed by atoms with van der Waals surface area (Å²) in [6, 6.07) is 7.55. The number of nitrogens with zero attached hydrogens (tertiary/aromatic N) is 1. The average Bonchev–Trinajstić information content (AvgIpc) is 2.29. The maximum Gasteiger partial charge on any atom is 0.304 e. The zero-order valence-electron chi connectivity index (χ0n) is 9.60. The molecule has 1 aromatic rings. The van der Waals surface area contributed by atoms with Crippen molar-refractivity contribution in [3.63, 3.8) is 0 Å². The summed E-state index contributed by atoms with van der Waals surface area (Å²) in [5.74, 6) is -0.782. The van der Waals surface area contributed by atoms with Crippen molar-refractivity contribution in [3.05, 3.63) is 47.5 Å². The molecule has 0 saturated carbocycles. The molecule has 0 amide bonds. The van der Waals surface area contributed by atoms with E-state index in [0.29, 0.717) is 24.7 Å². The fourth-order valence-corrected chi connectivity index (χ4v) is 1.65. The molecule has 0 radical (unpaired) electrons. The molecule has 0 aliphatic heterocycles. The minimum Gasteiger partial charge on any atom is -0.481 e. The molecule has 4 heteroatoms. The third-order valence-electron chi connectivity index (χ3n) is 2.35. The Hall–Kier alpha value is -1.32. The summed E-state index contributed by atoms with van der Waals surface area (Å²) >= 11 is 5.80. The number of hydrogen-bond acceptors (Lipinski definition) is 2. The molecule has 0 aromatic heterocycles. The summed E-state index contributed by atoms with van der Waals surface area (Å²) in [5, 5.41) is 9.37. The minimum absolute atomic E-state index is 0.140. The molecule has 0 atom stereocenters. The second-order valence-electron chi connectivity index (χ2n) is 3.79. The van der Waals surface area contributed by atoms with Crippen LogP contribution in [0.5, 0.6) is 0 Å². The van der Waals surface area contributed by atoms with Crippen molar-refractivity contribution < 1.29 is 9.90 Å². The zero-order valence-corrected chi connectivity index (χ0v) is 10.4. The number of hydrogen-bond donors (Lipinski definition) is 1. The number of carbonyl (C=O) groups is 1. The quantitative estimate of drug-likeness (QED) is 0.760. The molecule has 0 heterocycles. The van der Waals surface area contributed by atoms with E-state index in [2.05, 4.69) is 6.58 Å². The van der Waals surface area contributed by atoms with E-state index in [1.807, 2.05) is 29.2 Å². The Bertz CT molecular complexity index is 376. The smallest absolute Gasteiger partial charge is 0.304 e. The highest BCUT2D eigenvalue weighted by atomic mass is 35.5. The van der Waals surface area contributed by atoms with Gasteiger partial charge in [0.15, 0.2) is 0 Å². The lowest BCUT2D eigenvalue weighted by atomic mass is 10.2. The van der Waals surface area contributed by atoms with Crippen molar-refractivity contribution in [2.24, 2.45) is 0 Å². The van der Waals surface area contributed by atoms with E-state index in [1.54, 1.807) is 6.08 Å². The van der Waals surface area contributed by atoms with Gasteiger partial charge in [-0.15, -0.1) is 6.58 Å². The minimum atomic E-state index is -0.782. The first kappa shape index (κ1) is 13.7. The van der Waals surface area contributed by atoms with Gasteiger partial charge in [-0.2, -0.15) is 0 Å². The second kappa shape index (κ2) is 7.09. The number of rotatable bonds is 7. The van der Waals surface area contributed by atoms with E-state index in [1.165, 1.54) is 0 Å². The molecule has 1 aromatic carbocycles. The van der Waals surface area contributed by atoms with Crippen LogP contribution in [-0.4, -0.2) is 29.1 Å². The Morgan fingerprint density at radius 3 is 2.59 bits per heavy atom. The van der Waals surface area contributed by atoms with E-state index in [4.69, 9.17) is 16.7 Å². The predicted molar refractivity (Wildman–Crippen MR) is 69.2 cm³/mol. The molecule has 3 nitrogen and oxygen atoms in total. The van der Waals surface area contributed by atoms with Crippen LogP contribution in [0.3, 0.4) is 0 Å². The van der Waals surface area contributed by atoms with Crippen LogP contribution < -0.4 is 0 Å². The lowest BCUT2D eigenvalue weighted by Gasteiger charge is -2.19. The predicted octanol–water partition coefficient (Wildman–Crippen LogP) is 2.80. The van der Waals surface area contributed by atoms with Crippen LogP contribution in [0.4, 0.5) is 0 Å². The fraction of sp³-hybridized carbons (Fsp3) is 0.308. The Balaban J connectivity index is 2.56. The highest BCUT2D eigenvalue weighted by Gasteiger charge is 2.06. The third kappa shape index (κ3) is 5.52. The van der Waals surface area contributed by atoms with Gasteiger partial charge in [0.1, 0.15) is 0 Å². The Kier molecular flexibility index (Phi) is 5.73. The Morgan fingerprint density at radius 2 is 2.06 bits per heavy atom. The summed E-state index contributed by atoms with van der Waals surface area (Å²) in [5.41, 5.74) is 1.11. The van der Waals surface area contributed by atoms with E-state index in [-0.39, 0.29) is 6.42 Å². The van der Waals surface area contributed by atoms with Gasteiger partial charge in [0.05, 0.1) is 6.42 Å². The van der Waals surface area contributed by atoms with Crippen molar-refractivity contribution in [2.45, 2.75) is 13.0 Å². The molecular formula is C13H16ClNO2. The number of benzene rings is 1. The zero-order chi connectivity index (χ0) is 12.7. The first-order valence-electron chi connectivity index (χ1n) is 5.41. The number of carboxylic acid groups (broad SMARTS) is 1. The van der Waals surface area contributed by atoms with Crippen molar-refractivity contribution in [1.29, 1.82) is 0 Å². The Morgan fingerprint density at radius 1 is 1.41 bits per heavy atom. The maximum atomic E-state index is 10.5. The maximum absolute atomic E-state index is 10.5. The summed E-state index contributed by atoms with van der Waals surface area (Å²) in [4.78, 5) is 12.6. The molecule has 0 saturated heterocycles. The van der Waals surface area contributed by atoms with Crippen LogP contribution in [0.2, 0.25) is 5.02 Å². The van der Waals surface area contributed by atoms with E-state index < -0.39 is 5.97 Å². The molecule has 0 aliphatic carbocycles. The fourth-order valence-electron chi connectivity index (χ4n) is 1.52. The van der Waals surface area contributed by atoms with Crippen LogP contribution in [0, 0.1) is 0 Å². The lowest BCUT2D eigenvalue weighted by molar-refractivity contribution is -0.137. The summed E-state index contributed by atoms with van der Waals surface area (Å²) < 4.78 is 0. The van der Waals surface area contributed by atoms with Gasteiger partial charge >= 0.3 is 5.97 Å². The third-order valence-corrected chi connectivity index (χ3v) is 2.60. The molecule has 92 valence electrons. The molecule has 0 bridgehead atoms. The largest absolute Gasteiger partial charge is 0.481 e. The van der Waals surface area contributed by atoms with Crippen LogP contribution in [0.15, 0.2) is 36.9 Å². The van der Waals surface area contributed by atoms with E-state index in [9.17, 15) is 4.79 Å². The molecule has 17 heavy (non-hydrogen) atoms. The van der Waals surface area contributed by atoms with Crippen LogP contribution in [0.1, 0.15) is 12.0 Å². The molecule has 1 N–H and O–H groups in total. The summed E-state index contributed by atoms with van der Waals surface area (Å²) in [7, 11) is 0. The second-order valence-corrected chi connectivity index (χ2v) is 4.23. The van der Waals surface area contributed by atoms with Gasteiger partial charge in [-0.3, -0.25) is 9.69 Å². The number of aliphatic carboxylic acids is 1. The molecular weight excluding hydrogens is 238 g/mol. The molecule has 0 fully saturated rings. The van der Waals surface area contributed by atoms with Crippen LogP contribution in [-0.2, 0) is 11.3 Å². The van der Waals surface area contributed by atoms with Gasteiger partial charge in [0, 0.05) is 24.7 Å². The molecule has 1 rings (SSSR count). The molecule has 0 aliphatic rings. The highest BCUT2D eigenvalue weighted by Crippen LogP contribution is 2.11. The van der Waals surface area contributed by atoms with E-state index >= 15 is 0 Å². The standard InChI is InChI=1S/C13H16ClNO2/c1-2-8-15(9-7-13(16)17)10-11-3-5-12(14)6-4-11/h2-6H,1,7-10H2,(H,16,17). The summed E-state index contributed by atoms with van der Waals surface area (Å²) in [6.07, 6.45) is 1.92. The normalized spacial score (nSPS) is 10.5. The van der Waals surface area contributed by atoms with Gasteiger partial charge in [0.2, 0.25) is 0 Å². The van der Waals surface area contributed by atoms with Crippen molar-refractivity contribution in [3.8, 4) is 0 Å². The van der Waals surface area contributed by atoms with Crippen LogP contribution >= 0.6 is 11.6 Å². The topological polar surface area (TPSA) is 40.5 Å². The van der Waals surface area contributed by atoms with Crippen molar-refractivity contribution in [1.82, 2.24) is 4.90 Å². The number of halogens is 1.